The van der Waals surface area contributed by atoms with Crippen molar-refractivity contribution in [3.63, 3.8) is 0 Å². The summed E-state index contributed by atoms with van der Waals surface area (Å²) in [5, 5.41) is 0. The van der Waals surface area contributed by atoms with Crippen molar-refractivity contribution in [2.45, 2.75) is 32.1 Å². The second-order valence-electron chi connectivity index (χ2n) is 10.8. The highest BCUT2D eigenvalue weighted by Crippen LogP contribution is 2.40. The van der Waals surface area contributed by atoms with E-state index in [1.807, 2.05) is 37.3 Å². The summed E-state index contributed by atoms with van der Waals surface area (Å²) < 4.78 is 146. The highest BCUT2D eigenvalue weighted by molar-refractivity contribution is 5.74. The summed E-state index contributed by atoms with van der Waals surface area (Å²) in [4.78, 5) is 0. The van der Waals surface area contributed by atoms with Crippen LogP contribution in [0.1, 0.15) is 30.0 Å². The summed E-state index contributed by atoms with van der Waals surface area (Å²) in [6, 6.07) is 16.7. The third-order valence-electron chi connectivity index (χ3n) is 7.51. The fraction of sp³-hybridized carbons (Fsp3) is 0.135. The van der Waals surface area contributed by atoms with Crippen LogP contribution in [0.25, 0.3) is 33.4 Å². The normalized spacial score (nSPS) is 12.1. The van der Waals surface area contributed by atoms with Crippen molar-refractivity contribution < 1.29 is 48.6 Å². The van der Waals surface area contributed by atoms with Crippen molar-refractivity contribution >= 4 is 0 Å². The second kappa shape index (κ2) is 13.6. The van der Waals surface area contributed by atoms with Crippen molar-refractivity contribution in [2.24, 2.45) is 0 Å². The van der Waals surface area contributed by atoms with Crippen LogP contribution in [-0.4, -0.2) is 0 Å². The van der Waals surface area contributed by atoms with Gasteiger partial charge in [-0.2, -0.15) is 22.0 Å². The molecule has 0 heterocycles. The van der Waals surface area contributed by atoms with Gasteiger partial charge >= 0.3 is 12.3 Å². The molecular formula is C37H24F10O. The van der Waals surface area contributed by atoms with Crippen LogP contribution in [0.15, 0.2) is 103 Å². The van der Waals surface area contributed by atoms with Crippen molar-refractivity contribution in [1.82, 2.24) is 0 Å². The summed E-state index contributed by atoms with van der Waals surface area (Å²) in [5.41, 5.74) is -1.97. The molecule has 48 heavy (non-hydrogen) atoms. The molecule has 0 N–H and O–H groups in total. The van der Waals surface area contributed by atoms with Crippen LogP contribution in [0.3, 0.4) is 0 Å². The maximum atomic E-state index is 15.2. The number of benzene rings is 5. The number of rotatable bonds is 9. The number of ether oxygens (including phenoxy) is 1. The molecule has 5 aromatic rings. The van der Waals surface area contributed by atoms with Crippen molar-refractivity contribution in [3.8, 4) is 39.1 Å². The Morgan fingerprint density at radius 2 is 1.10 bits per heavy atom. The van der Waals surface area contributed by atoms with Gasteiger partial charge in [-0.25, -0.2) is 22.0 Å². The predicted octanol–water partition coefficient (Wildman–Crippen LogP) is 12.0. The molecule has 0 aliphatic carbocycles. The molecule has 5 aromatic carbocycles. The lowest BCUT2D eigenvalue weighted by molar-refractivity contribution is -0.189. The Labute approximate surface area is 268 Å². The molecule has 0 atom stereocenters. The Kier molecular flexibility index (Phi) is 9.70. The van der Waals surface area contributed by atoms with Gasteiger partial charge in [0, 0.05) is 17.2 Å². The van der Waals surface area contributed by atoms with Crippen LogP contribution in [0.4, 0.5) is 43.9 Å². The van der Waals surface area contributed by atoms with E-state index in [-0.39, 0.29) is 23.3 Å². The van der Waals surface area contributed by atoms with Gasteiger partial charge in [0.1, 0.15) is 40.4 Å². The Hall–Kier alpha value is -5.06. The molecular weight excluding hydrogens is 650 g/mol. The first-order valence-corrected chi connectivity index (χ1v) is 14.4. The standard InChI is InChI=1S/C37H24F10O/c1-2-3-4-5-21-6-8-22(9-7-21)23-10-13-27(30(38)16-23)24-11-14-28(31(39)17-24)25-18-33(41)35(34(42)19-25)37(46,47)48-26-12-15-29(32(40)20-26)36(43,44)45/h2-3,6-20H,4-5H2,1H3/b3-2+. The van der Waals surface area contributed by atoms with Gasteiger partial charge in [-0.15, -0.1) is 0 Å². The van der Waals surface area contributed by atoms with Crippen LogP contribution in [0.5, 0.6) is 5.75 Å². The zero-order valence-corrected chi connectivity index (χ0v) is 24.9. The van der Waals surface area contributed by atoms with Gasteiger partial charge < -0.3 is 4.74 Å². The van der Waals surface area contributed by atoms with E-state index in [1.165, 1.54) is 18.2 Å². The smallest absolute Gasteiger partial charge is 0.429 e. The summed E-state index contributed by atoms with van der Waals surface area (Å²) >= 11 is 0. The molecule has 11 heteroatoms. The lowest BCUT2D eigenvalue weighted by Crippen LogP contribution is -2.25. The van der Waals surface area contributed by atoms with E-state index >= 15 is 8.78 Å². The monoisotopic (exact) mass is 674 g/mol. The number of hydrogen-bond donors (Lipinski definition) is 0. The Morgan fingerprint density at radius 1 is 0.562 bits per heavy atom. The minimum atomic E-state index is -5.12. The molecule has 0 saturated carbocycles. The van der Waals surface area contributed by atoms with Crippen LogP contribution >= 0.6 is 0 Å². The predicted molar refractivity (Wildman–Crippen MR) is 162 cm³/mol. The zero-order chi connectivity index (χ0) is 34.8. The van der Waals surface area contributed by atoms with E-state index in [2.05, 4.69) is 10.8 Å². The number of alkyl halides is 5. The molecule has 0 aromatic heterocycles. The maximum absolute atomic E-state index is 15.2. The third kappa shape index (κ3) is 7.40. The second-order valence-corrected chi connectivity index (χ2v) is 10.8. The zero-order valence-electron chi connectivity index (χ0n) is 24.9. The quantitative estimate of drug-likeness (QED) is 0.112. The first-order valence-electron chi connectivity index (χ1n) is 14.4. The number of hydrogen-bond acceptors (Lipinski definition) is 1. The van der Waals surface area contributed by atoms with E-state index in [9.17, 15) is 35.1 Å². The minimum absolute atomic E-state index is 0.00108. The molecule has 0 spiro atoms. The molecule has 248 valence electrons. The van der Waals surface area contributed by atoms with Gasteiger partial charge in [0.15, 0.2) is 0 Å². The van der Waals surface area contributed by atoms with Gasteiger partial charge in [0.25, 0.3) is 0 Å². The number of aryl methyl sites for hydroxylation is 1. The minimum Gasteiger partial charge on any atom is -0.429 e. The maximum Gasteiger partial charge on any atom is 0.432 e. The molecule has 0 fully saturated rings. The van der Waals surface area contributed by atoms with Crippen LogP contribution < -0.4 is 4.74 Å². The van der Waals surface area contributed by atoms with Gasteiger partial charge in [0.2, 0.25) is 0 Å². The number of halogens is 10. The lowest BCUT2D eigenvalue weighted by Gasteiger charge is -2.20. The molecule has 5 rings (SSSR count). The third-order valence-corrected chi connectivity index (χ3v) is 7.51. The first kappa shape index (κ1) is 34.3. The van der Waals surface area contributed by atoms with Crippen molar-refractivity contribution in [3.05, 3.63) is 149 Å². The molecule has 0 unspecified atom stereocenters. The van der Waals surface area contributed by atoms with Gasteiger partial charge in [-0.05, 0) is 84.0 Å². The van der Waals surface area contributed by atoms with Crippen molar-refractivity contribution in [2.75, 3.05) is 0 Å². The Morgan fingerprint density at radius 3 is 1.67 bits per heavy atom. The van der Waals surface area contributed by atoms with E-state index < -0.39 is 69.4 Å². The highest BCUT2D eigenvalue weighted by Gasteiger charge is 2.42. The van der Waals surface area contributed by atoms with Gasteiger partial charge in [-0.3, -0.25) is 0 Å². The van der Waals surface area contributed by atoms with Crippen LogP contribution in [0.2, 0.25) is 0 Å². The van der Waals surface area contributed by atoms with Gasteiger partial charge in [-0.1, -0.05) is 60.7 Å². The highest BCUT2D eigenvalue weighted by atomic mass is 19.4. The van der Waals surface area contributed by atoms with E-state index in [0.717, 1.165) is 36.1 Å². The van der Waals surface area contributed by atoms with E-state index in [0.29, 0.717) is 23.8 Å². The molecule has 0 aliphatic rings. The summed E-state index contributed by atoms with van der Waals surface area (Å²) in [5.74, 6) is -8.53. The molecule has 1 nitrogen and oxygen atoms in total. The van der Waals surface area contributed by atoms with Crippen LogP contribution in [-0.2, 0) is 18.7 Å². The summed E-state index contributed by atoms with van der Waals surface area (Å²) in [7, 11) is 0. The number of allylic oxidation sites excluding steroid dienone is 2. The van der Waals surface area contributed by atoms with E-state index in [4.69, 9.17) is 0 Å². The molecule has 0 bridgehead atoms. The van der Waals surface area contributed by atoms with Crippen molar-refractivity contribution in [1.29, 1.82) is 0 Å². The Bertz CT molecular complexity index is 1960. The fourth-order valence-electron chi connectivity index (χ4n) is 5.12. The average Bonchev–Trinajstić information content (AvgIpc) is 3.00. The lowest BCUT2D eigenvalue weighted by atomic mass is 9.96. The molecule has 0 saturated heterocycles. The molecule has 0 radical (unpaired) electrons. The summed E-state index contributed by atoms with van der Waals surface area (Å²) in [6.07, 6.45) is -4.14. The SMILES string of the molecule is C/C=C/CCc1ccc(-c2ccc(-c3ccc(-c4cc(F)c(C(F)(F)Oc5ccc(C(F)(F)F)c(F)c5)c(F)c4)c(F)c3)c(F)c2)cc1. The molecule has 0 amide bonds. The van der Waals surface area contributed by atoms with Crippen LogP contribution in [0, 0.1) is 29.1 Å². The topological polar surface area (TPSA) is 9.23 Å². The fourth-order valence-corrected chi connectivity index (χ4v) is 5.12. The van der Waals surface area contributed by atoms with E-state index in [1.54, 1.807) is 6.07 Å². The Balaban J connectivity index is 1.36. The summed E-state index contributed by atoms with van der Waals surface area (Å²) in [6.45, 7) is 1.95. The van der Waals surface area contributed by atoms with Gasteiger partial charge in [0.05, 0.1) is 5.56 Å². The average molecular weight is 675 g/mol. The molecule has 0 aliphatic heterocycles. The largest absolute Gasteiger partial charge is 0.432 e. The first-order chi connectivity index (χ1) is 22.7.